The third-order valence-electron chi connectivity index (χ3n) is 6.88. The Morgan fingerprint density at radius 3 is 2.12 bits per heavy atom. The van der Waals surface area contributed by atoms with E-state index in [1.165, 1.54) is 42.3 Å². The number of nitrogens with zero attached hydrogens (tertiary/aromatic N) is 2. The zero-order valence-corrected chi connectivity index (χ0v) is 24.8. The van der Waals surface area contributed by atoms with E-state index in [1.807, 2.05) is 30.3 Å². The number of para-hydroxylation sites is 2. The monoisotopic (exact) mass is 603 g/mol. The molecule has 0 saturated heterocycles. The molecular weight excluding hydrogens is 569 g/mol. The highest BCUT2D eigenvalue weighted by Crippen LogP contribution is 2.32. The van der Waals surface area contributed by atoms with Gasteiger partial charge in [-0.05, 0) is 42.8 Å². The Morgan fingerprint density at radius 2 is 1.47 bits per heavy atom. The molecule has 0 radical (unpaired) electrons. The van der Waals surface area contributed by atoms with Crippen molar-refractivity contribution in [3.05, 3.63) is 126 Å². The minimum Gasteiger partial charge on any atom is -0.495 e. The summed E-state index contributed by atoms with van der Waals surface area (Å²) in [5, 5.41) is 2.78. The van der Waals surface area contributed by atoms with E-state index in [4.69, 9.17) is 4.74 Å². The molecule has 0 unspecified atom stereocenters. The number of sulfonamides is 1. The Kier molecular flexibility index (Phi) is 10.5. The van der Waals surface area contributed by atoms with Gasteiger partial charge in [-0.25, -0.2) is 12.8 Å². The van der Waals surface area contributed by atoms with Crippen molar-refractivity contribution in [2.45, 2.75) is 30.8 Å². The van der Waals surface area contributed by atoms with Crippen molar-refractivity contribution < 1.29 is 27.1 Å². The topological polar surface area (TPSA) is 96.0 Å². The highest BCUT2D eigenvalue weighted by molar-refractivity contribution is 7.92. The molecule has 1 N–H and O–H groups in total. The first-order chi connectivity index (χ1) is 20.8. The van der Waals surface area contributed by atoms with E-state index < -0.39 is 40.2 Å². The summed E-state index contributed by atoms with van der Waals surface area (Å²) in [7, 11) is -2.87. The number of methoxy groups -OCH3 is 1. The normalized spacial score (nSPS) is 11.8. The van der Waals surface area contributed by atoms with Crippen LogP contribution in [0.25, 0.3) is 0 Å². The number of hydrogen-bond acceptors (Lipinski definition) is 5. The van der Waals surface area contributed by atoms with E-state index in [0.29, 0.717) is 6.54 Å². The average Bonchev–Trinajstić information content (AvgIpc) is 3.03. The summed E-state index contributed by atoms with van der Waals surface area (Å²) in [6.45, 7) is 1.14. The molecule has 0 aliphatic rings. The number of anilines is 1. The fourth-order valence-corrected chi connectivity index (χ4v) is 6.17. The SMILES string of the molecule is CCNC(=O)[C@@H](Cc1ccccc1)N(Cc1ccccc1F)C(=O)CN(c1ccccc1OC)S(=O)(=O)c1ccccc1. The molecule has 1 atom stereocenters. The standard InChI is InChI=1S/C33H34FN3O5S/c1-3-35-33(39)30(22-25-14-6-4-7-15-25)36(23-26-16-10-11-19-28(26)34)32(38)24-37(29-20-12-13-21-31(29)42-2)43(40,41)27-17-8-5-9-18-27/h4-21,30H,3,22-24H2,1-2H3,(H,35,39)/t30-/m1/s1. The predicted molar refractivity (Wildman–Crippen MR) is 164 cm³/mol. The van der Waals surface area contributed by atoms with Crippen LogP contribution in [0.2, 0.25) is 0 Å². The lowest BCUT2D eigenvalue weighted by atomic mass is 10.0. The summed E-state index contributed by atoms with van der Waals surface area (Å²) < 4.78 is 49.4. The molecule has 4 rings (SSSR count). The largest absolute Gasteiger partial charge is 0.495 e. The molecule has 0 bridgehead atoms. The Morgan fingerprint density at radius 1 is 0.860 bits per heavy atom. The number of carbonyl (C=O) groups excluding carboxylic acids is 2. The molecule has 0 aliphatic carbocycles. The summed E-state index contributed by atoms with van der Waals surface area (Å²) in [6, 6.07) is 28.3. The van der Waals surface area contributed by atoms with E-state index in [9.17, 15) is 22.4 Å². The number of carbonyl (C=O) groups is 2. The number of amides is 2. The van der Waals surface area contributed by atoms with Crippen LogP contribution in [0.3, 0.4) is 0 Å². The third kappa shape index (κ3) is 7.58. The second-order valence-corrected chi connectivity index (χ2v) is 11.6. The van der Waals surface area contributed by atoms with Crippen molar-refractivity contribution in [3.8, 4) is 5.75 Å². The lowest BCUT2D eigenvalue weighted by Gasteiger charge is -2.34. The minimum atomic E-state index is -4.28. The number of halogens is 1. The van der Waals surface area contributed by atoms with Gasteiger partial charge >= 0.3 is 0 Å². The van der Waals surface area contributed by atoms with Gasteiger partial charge in [0.05, 0.1) is 17.7 Å². The molecule has 10 heteroatoms. The Labute approximate surface area is 251 Å². The van der Waals surface area contributed by atoms with E-state index in [0.717, 1.165) is 9.87 Å². The molecule has 43 heavy (non-hydrogen) atoms. The molecule has 4 aromatic carbocycles. The van der Waals surface area contributed by atoms with Gasteiger partial charge in [-0.2, -0.15) is 0 Å². The number of nitrogens with one attached hydrogen (secondary N) is 1. The smallest absolute Gasteiger partial charge is 0.264 e. The van der Waals surface area contributed by atoms with E-state index >= 15 is 0 Å². The van der Waals surface area contributed by atoms with Crippen LogP contribution < -0.4 is 14.4 Å². The number of rotatable bonds is 13. The maximum atomic E-state index is 14.9. The van der Waals surface area contributed by atoms with Crippen LogP contribution in [0.5, 0.6) is 5.75 Å². The fraction of sp³-hybridized carbons (Fsp3) is 0.212. The highest BCUT2D eigenvalue weighted by atomic mass is 32.2. The van der Waals surface area contributed by atoms with Crippen molar-refractivity contribution in [2.75, 3.05) is 24.5 Å². The van der Waals surface area contributed by atoms with Gasteiger partial charge in [0.25, 0.3) is 10.0 Å². The first-order valence-electron chi connectivity index (χ1n) is 13.8. The molecular formula is C33H34FN3O5S. The summed E-state index contributed by atoms with van der Waals surface area (Å²) >= 11 is 0. The average molecular weight is 604 g/mol. The first-order valence-corrected chi connectivity index (χ1v) is 15.3. The van der Waals surface area contributed by atoms with Gasteiger partial charge in [0, 0.05) is 25.1 Å². The summed E-state index contributed by atoms with van der Waals surface area (Å²) in [4.78, 5) is 29.1. The van der Waals surface area contributed by atoms with Crippen LogP contribution in [0.1, 0.15) is 18.1 Å². The minimum absolute atomic E-state index is 0.0288. The molecule has 0 aromatic heterocycles. The van der Waals surface area contributed by atoms with E-state index in [2.05, 4.69) is 5.32 Å². The van der Waals surface area contributed by atoms with Crippen molar-refractivity contribution in [1.82, 2.24) is 10.2 Å². The maximum absolute atomic E-state index is 14.9. The number of hydrogen-bond donors (Lipinski definition) is 1. The van der Waals surface area contributed by atoms with Gasteiger partial charge < -0.3 is 15.0 Å². The maximum Gasteiger partial charge on any atom is 0.264 e. The van der Waals surface area contributed by atoms with Gasteiger partial charge in [-0.3, -0.25) is 13.9 Å². The van der Waals surface area contributed by atoms with Gasteiger partial charge in [-0.15, -0.1) is 0 Å². The van der Waals surface area contributed by atoms with Gasteiger partial charge in [-0.1, -0.05) is 78.9 Å². The molecule has 0 aliphatic heterocycles. The molecule has 8 nitrogen and oxygen atoms in total. The van der Waals surface area contributed by atoms with Crippen molar-refractivity contribution in [1.29, 1.82) is 0 Å². The van der Waals surface area contributed by atoms with Crippen molar-refractivity contribution in [2.24, 2.45) is 0 Å². The van der Waals surface area contributed by atoms with Crippen LogP contribution in [0.4, 0.5) is 10.1 Å². The Balaban J connectivity index is 1.82. The second-order valence-electron chi connectivity index (χ2n) is 9.71. The number of likely N-dealkylation sites (N-methyl/N-ethyl adjacent to an activating group) is 1. The van der Waals surface area contributed by atoms with Crippen LogP contribution in [-0.2, 0) is 32.6 Å². The molecule has 0 spiro atoms. The molecule has 4 aromatic rings. The zero-order chi connectivity index (χ0) is 30.8. The number of ether oxygens (including phenoxy) is 1. The fourth-order valence-electron chi connectivity index (χ4n) is 4.72. The number of benzene rings is 4. The highest BCUT2D eigenvalue weighted by Gasteiger charge is 2.35. The van der Waals surface area contributed by atoms with Crippen LogP contribution in [0, 0.1) is 5.82 Å². The predicted octanol–water partition coefficient (Wildman–Crippen LogP) is 4.81. The van der Waals surface area contributed by atoms with Gasteiger partial charge in [0.2, 0.25) is 11.8 Å². The first kappa shape index (κ1) is 31.2. The van der Waals surface area contributed by atoms with Gasteiger partial charge in [0.1, 0.15) is 24.2 Å². The summed E-state index contributed by atoms with van der Waals surface area (Å²) in [5.74, 6) is -1.44. The lowest BCUT2D eigenvalue weighted by molar-refractivity contribution is -0.140. The molecule has 0 fully saturated rings. The van der Waals surface area contributed by atoms with E-state index in [-0.39, 0.29) is 34.9 Å². The summed E-state index contributed by atoms with van der Waals surface area (Å²) in [5.41, 5.74) is 1.11. The lowest BCUT2D eigenvalue weighted by Crippen LogP contribution is -2.53. The molecule has 0 heterocycles. The van der Waals surface area contributed by atoms with Gasteiger partial charge in [0.15, 0.2) is 0 Å². The quantitative estimate of drug-likeness (QED) is 0.237. The molecule has 0 saturated carbocycles. The van der Waals surface area contributed by atoms with Crippen molar-refractivity contribution in [3.63, 3.8) is 0 Å². The van der Waals surface area contributed by atoms with E-state index in [1.54, 1.807) is 55.5 Å². The van der Waals surface area contributed by atoms with Crippen LogP contribution >= 0.6 is 0 Å². The second kappa shape index (κ2) is 14.5. The summed E-state index contributed by atoms with van der Waals surface area (Å²) in [6.07, 6.45) is 0.132. The molecule has 2 amide bonds. The Bertz CT molecular complexity index is 1630. The zero-order valence-electron chi connectivity index (χ0n) is 24.0. The van der Waals surface area contributed by atoms with Crippen LogP contribution in [0.15, 0.2) is 114 Å². The van der Waals surface area contributed by atoms with Crippen molar-refractivity contribution >= 4 is 27.5 Å². The third-order valence-corrected chi connectivity index (χ3v) is 8.66. The van der Waals surface area contributed by atoms with Crippen LogP contribution in [-0.4, -0.2) is 51.4 Å². The Hall–Kier alpha value is -4.70. The molecule has 224 valence electrons.